The summed E-state index contributed by atoms with van der Waals surface area (Å²) in [6.45, 7) is 2.15. The maximum atomic E-state index is 4.47. The first-order valence-corrected chi connectivity index (χ1v) is 3.39. The second-order valence-electron chi connectivity index (χ2n) is 2.97. The van der Waals surface area contributed by atoms with Crippen LogP contribution in [0, 0.1) is 5.92 Å². The van der Waals surface area contributed by atoms with Crippen LogP contribution in [0.15, 0.2) is 4.99 Å². The van der Waals surface area contributed by atoms with E-state index < -0.39 is 0 Å². The number of hydrogen-bond acceptors (Lipinski definition) is 1. The van der Waals surface area contributed by atoms with Gasteiger partial charge in [-0.1, -0.05) is 0 Å². The fraction of sp³-hybridized carbons (Fsp3) is 0.857. The topological polar surface area (TPSA) is 12.4 Å². The largest absolute Gasteiger partial charge is 0.291 e. The van der Waals surface area contributed by atoms with Gasteiger partial charge in [-0.05, 0) is 32.1 Å². The molecule has 8 heavy (non-hydrogen) atoms. The van der Waals surface area contributed by atoms with Crippen molar-refractivity contribution in [3.05, 3.63) is 0 Å². The van der Waals surface area contributed by atoms with Gasteiger partial charge in [0.15, 0.2) is 0 Å². The van der Waals surface area contributed by atoms with Crippen LogP contribution in [0.2, 0.25) is 0 Å². The van der Waals surface area contributed by atoms with Gasteiger partial charge in [0.25, 0.3) is 0 Å². The van der Waals surface area contributed by atoms with Gasteiger partial charge < -0.3 is 0 Å². The van der Waals surface area contributed by atoms with Crippen molar-refractivity contribution in [3.8, 4) is 0 Å². The van der Waals surface area contributed by atoms with E-state index in [0.717, 1.165) is 12.0 Å². The van der Waals surface area contributed by atoms with Crippen LogP contribution in [0.25, 0.3) is 0 Å². The first kappa shape index (κ1) is 4.54. The van der Waals surface area contributed by atoms with E-state index >= 15 is 0 Å². The van der Waals surface area contributed by atoms with Crippen LogP contribution in [0.4, 0.5) is 0 Å². The molecule has 0 amide bonds. The molecule has 1 fully saturated rings. The summed E-state index contributed by atoms with van der Waals surface area (Å²) >= 11 is 0. The highest BCUT2D eigenvalue weighted by atomic mass is 14.9. The monoisotopic (exact) mass is 109 g/mol. The van der Waals surface area contributed by atoms with Crippen LogP contribution in [0.5, 0.6) is 0 Å². The highest BCUT2D eigenvalue weighted by Gasteiger charge is 2.34. The quantitative estimate of drug-likeness (QED) is 0.448. The first-order valence-electron chi connectivity index (χ1n) is 3.39. The Morgan fingerprint density at radius 3 is 2.62 bits per heavy atom. The van der Waals surface area contributed by atoms with E-state index in [1.165, 1.54) is 25.0 Å². The fourth-order valence-electron chi connectivity index (χ4n) is 1.67. The number of fused-ring (bicyclic) bond motifs is 1. The van der Waals surface area contributed by atoms with Crippen LogP contribution >= 0.6 is 0 Å². The van der Waals surface area contributed by atoms with Crippen LogP contribution in [-0.4, -0.2) is 11.8 Å². The Labute approximate surface area is 49.8 Å². The molecule has 0 spiro atoms. The highest BCUT2D eigenvalue weighted by Crippen LogP contribution is 2.37. The average molecular weight is 109 g/mol. The molecule has 2 atom stereocenters. The molecule has 1 heteroatoms. The molecule has 0 aromatic carbocycles. The molecular formula is C7H11N. The second kappa shape index (κ2) is 1.34. The molecule has 1 aliphatic carbocycles. The summed E-state index contributed by atoms with van der Waals surface area (Å²) in [5.41, 5.74) is 1.39. The van der Waals surface area contributed by atoms with E-state index in [1.807, 2.05) is 0 Å². The van der Waals surface area contributed by atoms with Gasteiger partial charge in [-0.3, -0.25) is 4.99 Å². The predicted molar refractivity (Wildman–Crippen MR) is 34.2 cm³/mol. The summed E-state index contributed by atoms with van der Waals surface area (Å²) in [6.07, 6.45) is 4.10. The van der Waals surface area contributed by atoms with E-state index in [9.17, 15) is 0 Å². The van der Waals surface area contributed by atoms with E-state index in [4.69, 9.17) is 0 Å². The standard InChI is InChI=1S/C7H11N/c1-5-4-6-2-3-7(6)8-5/h6-7H,2-4H2,1H3. The maximum absolute atomic E-state index is 4.47. The Balaban J connectivity index is 2.14. The Hall–Kier alpha value is -0.330. The van der Waals surface area contributed by atoms with Crippen molar-refractivity contribution in [1.82, 2.24) is 0 Å². The molecule has 1 heterocycles. The Morgan fingerprint density at radius 2 is 2.38 bits per heavy atom. The van der Waals surface area contributed by atoms with Gasteiger partial charge in [0.05, 0.1) is 6.04 Å². The molecule has 0 radical (unpaired) electrons. The van der Waals surface area contributed by atoms with Crippen molar-refractivity contribution in [3.63, 3.8) is 0 Å². The molecule has 0 aromatic heterocycles. The first-order chi connectivity index (χ1) is 3.86. The third-order valence-electron chi connectivity index (χ3n) is 2.32. The van der Waals surface area contributed by atoms with Crippen LogP contribution in [0.3, 0.4) is 0 Å². The summed E-state index contributed by atoms with van der Waals surface area (Å²) in [5.74, 6) is 0.968. The molecule has 0 saturated heterocycles. The zero-order valence-electron chi connectivity index (χ0n) is 5.22. The molecule has 0 N–H and O–H groups in total. The molecule has 0 aromatic rings. The van der Waals surface area contributed by atoms with Gasteiger partial charge in [-0.15, -0.1) is 0 Å². The summed E-state index contributed by atoms with van der Waals surface area (Å²) in [5, 5.41) is 0. The van der Waals surface area contributed by atoms with Gasteiger partial charge in [-0.25, -0.2) is 0 Å². The van der Waals surface area contributed by atoms with Crippen molar-refractivity contribution in [1.29, 1.82) is 0 Å². The third kappa shape index (κ3) is 0.445. The zero-order valence-corrected chi connectivity index (χ0v) is 5.22. The van der Waals surface area contributed by atoms with Crippen LogP contribution in [-0.2, 0) is 0 Å². The molecule has 2 aliphatic rings. The summed E-state index contributed by atoms with van der Waals surface area (Å²) in [4.78, 5) is 4.47. The molecular weight excluding hydrogens is 98.1 g/mol. The Bertz CT molecular complexity index is 137. The molecule has 0 bridgehead atoms. The van der Waals surface area contributed by atoms with Gasteiger partial charge in [0.1, 0.15) is 0 Å². The number of rotatable bonds is 0. The minimum Gasteiger partial charge on any atom is -0.291 e. The normalized spacial score (nSPS) is 42.9. The van der Waals surface area contributed by atoms with Crippen molar-refractivity contribution >= 4 is 5.71 Å². The molecule has 1 aliphatic heterocycles. The Morgan fingerprint density at radius 1 is 1.50 bits per heavy atom. The SMILES string of the molecule is CC1=NC2CCC2C1. The highest BCUT2D eigenvalue weighted by molar-refractivity contribution is 5.84. The molecule has 2 unspecified atom stereocenters. The van der Waals surface area contributed by atoms with Crippen molar-refractivity contribution in [2.24, 2.45) is 10.9 Å². The van der Waals surface area contributed by atoms with Crippen LogP contribution < -0.4 is 0 Å². The number of aliphatic imine (C=N–C) groups is 1. The van der Waals surface area contributed by atoms with Gasteiger partial charge in [-0.2, -0.15) is 0 Å². The lowest BCUT2D eigenvalue weighted by atomic mass is 9.80. The second-order valence-corrected chi connectivity index (χ2v) is 2.97. The lowest BCUT2D eigenvalue weighted by Gasteiger charge is -2.27. The molecule has 1 nitrogen and oxygen atoms in total. The molecule has 1 saturated carbocycles. The van der Waals surface area contributed by atoms with Crippen molar-refractivity contribution in [2.75, 3.05) is 0 Å². The lowest BCUT2D eigenvalue weighted by Crippen LogP contribution is -2.25. The zero-order chi connectivity index (χ0) is 5.56. The number of hydrogen-bond donors (Lipinski definition) is 0. The Kier molecular flexibility index (Phi) is 0.758. The van der Waals surface area contributed by atoms with Crippen molar-refractivity contribution in [2.45, 2.75) is 32.2 Å². The summed E-state index contributed by atoms with van der Waals surface area (Å²) in [7, 11) is 0. The van der Waals surface area contributed by atoms with E-state index in [2.05, 4.69) is 11.9 Å². The molecule has 44 valence electrons. The minimum atomic E-state index is 0.759. The maximum Gasteiger partial charge on any atom is 0.0530 e. The van der Waals surface area contributed by atoms with E-state index in [-0.39, 0.29) is 0 Å². The molecule has 2 rings (SSSR count). The van der Waals surface area contributed by atoms with Crippen molar-refractivity contribution < 1.29 is 0 Å². The summed E-state index contributed by atoms with van der Waals surface area (Å²) in [6, 6.07) is 0.759. The number of nitrogens with zero attached hydrogens (tertiary/aromatic N) is 1. The minimum absolute atomic E-state index is 0.759. The smallest absolute Gasteiger partial charge is 0.0530 e. The lowest BCUT2D eigenvalue weighted by molar-refractivity contribution is 0.289. The van der Waals surface area contributed by atoms with Gasteiger partial charge >= 0.3 is 0 Å². The predicted octanol–water partition coefficient (Wildman–Crippen LogP) is 1.63. The van der Waals surface area contributed by atoms with E-state index in [1.54, 1.807) is 0 Å². The average Bonchev–Trinajstić information content (AvgIpc) is 1.91. The van der Waals surface area contributed by atoms with E-state index in [0.29, 0.717) is 0 Å². The van der Waals surface area contributed by atoms with Crippen LogP contribution in [0.1, 0.15) is 26.2 Å². The van der Waals surface area contributed by atoms with Gasteiger partial charge in [0.2, 0.25) is 0 Å². The summed E-state index contributed by atoms with van der Waals surface area (Å²) < 4.78 is 0. The fourth-order valence-corrected chi connectivity index (χ4v) is 1.67. The van der Waals surface area contributed by atoms with Gasteiger partial charge in [0, 0.05) is 5.71 Å². The third-order valence-corrected chi connectivity index (χ3v) is 2.32.